The monoisotopic (exact) mass is 413 g/mol. The normalized spacial score (nSPS) is 19.3. The summed E-state index contributed by atoms with van der Waals surface area (Å²) in [5.74, 6) is -1.40. The summed E-state index contributed by atoms with van der Waals surface area (Å²) in [6.07, 6.45) is 1.12. The van der Waals surface area contributed by atoms with Gasteiger partial charge in [-0.05, 0) is 31.7 Å². The van der Waals surface area contributed by atoms with Crippen molar-refractivity contribution in [3.8, 4) is 0 Å². The van der Waals surface area contributed by atoms with Crippen LogP contribution in [0.15, 0.2) is 29.2 Å². The van der Waals surface area contributed by atoms with Gasteiger partial charge in [0.05, 0.1) is 17.9 Å². The number of thioether (sulfide) groups is 1. The number of ether oxygens (including phenoxy) is 1. The van der Waals surface area contributed by atoms with Crippen LogP contribution in [-0.4, -0.2) is 56.0 Å². The van der Waals surface area contributed by atoms with E-state index in [4.69, 9.17) is 4.74 Å². The highest BCUT2D eigenvalue weighted by Crippen LogP contribution is 2.16. The summed E-state index contributed by atoms with van der Waals surface area (Å²) in [5.41, 5.74) is 0.522. The summed E-state index contributed by atoms with van der Waals surface area (Å²) in [6, 6.07) is 6.66. The van der Waals surface area contributed by atoms with E-state index in [2.05, 4.69) is 5.32 Å². The molecule has 1 aliphatic heterocycles. The van der Waals surface area contributed by atoms with Crippen LogP contribution in [0.3, 0.4) is 0 Å². The molecule has 0 saturated carbocycles. The zero-order chi connectivity index (χ0) is 20.0. The van der Waals surface area contributed by atoms with Crippen molar-refractivity contribution in [1.29, 1.82) is 0 Å². The van der Waals surface area contributed by atoms with Gasteiger partial charge in [0.1, 0.15) is 0 Å². The number of hydrogen-bond acceptors (Lipinski definition) is 7. The topological polar surface area (TPSA) is 107 Å². The Morgan fingerprint density at radius 3 is 2.44 bits per heavy atom. The maximum absolute atomic E-state index is 12.1. The van der Waals surface area contributed by atoms with Crippen LogP contribution in [0.1, 0.15) is 36.5 Å². The minimum Gasteiger partial charge on any atom is -0.453 e. The molecule has 1 aromatic rings. The standard InChI is InChI=1S/C18H23NO6S2/c1-12(18(22)19-14-9-10-27(23,24)11-14)25-17(21)8-7-16(20)13-3-5-15(26-2)6-4-13/h3-6,12,14H,7-11H2,1-2H3,(H,19,22)/t12-,14+/m0/s1. The van der Waals surface area contributed by atoms with Crippen molar-refractivity contribution >= 4 is 39.3 Å². The fourth-order valence-electron chi connectivity index (χ4n) is 2.67. The predicted molar refractivity (Wildman–Crippen MR) is 103 cm³/mol. The van der Waals surface area contributed by atoms with E-state index in [0.29, 0.717) is 12.0 Å². The van der Waals surface area contributed by atoms with Crippen LogP contribution in [-0.2, 0) is 24.2 Å². The van der Waals surface area contributed by atoms with E-state index in [1.165, 1.54) is 6.92 Å². The Balaban J connectivity index is 1.75. The van der Waals surface area contributed by atoms with Gasteiger partial charge in [0.25, 0.3) is 5.91 Å². The lowest BCUT2D eigenvalue weighted by Gasteiger charge is -2.16. The van der Waals surface area contributed by atoms with Crippen molar-refractivity contribution in [1.82, 2.24) is 5.32 Å². The number of sulfone groups is 1. The third-order valence-corrected chi connectivity index (χ3v) is 6.74. The fraction of sp³-hybridized carbons (Fsp3) is 0.500. The molecule has 0 unspecified atom stereocenters. The number of benzene rings is 1. The van der Waals surface area contributed by atoms with Gasteiger partial charge >= 0.3 is 5.97 Å². The summed E-state index contributed by atoms with van der Waals surface area (Å²) < 4.78 is 27.8. The molecule has 7 nitrogen and oxygen atoms in total. The zero-order valence-electron chi connectivity index (χ0n) is 15.3. The zero-order valence-corrected chi connectivity index (χ0v) is 16.9. The lowest BCUT2D eigenvalue weighted by molar-refractivity contribution is -0.154. The summed E-state index contributed by atoms with van der Waals surface area (Å²) in [7, 11) is -3.10. The molecule has 1 amide bonds. The van der Waals surface area contributed by atoms with Gasteiger partial charge in [-0.15, -0.1) is 11.8 Å². The second-order valence-corrected chi connectivity index (χ2v) is 9.50. The summed E-state index contributed by atoms with van der Waals surface area (Å²) in [5, 5.41) is 2.58. The van der Waals surface area contributed by atoms with Crippen LogP contribution in [0.2, 0.25) is 0 Å². The first-order valence-corrected chi connectivity index (χ1v) is 11.6. The fourth-order valence-corrected chi connectivity index (χ4v) is 4.76. The molecule has 1 heterocycles. The third-order valence-electron chi connectivity index (χ3n) is 4.22. The van der Waals surface area contributed by atoms with E-state index in [1.807, 2.05) is 18.4 Å². The molecule has 0 aromatic heterocycles. The second kappa shape index (κ2) is 9.36. The van der Waals surface area contributed by atoms with Crippen molar-refractivity contribution in [2.75, 3.05) is 17.8 Å². The molecule has 1 aliphatic rings. The number of esters is 1. The highest BCUT2D eigenvalue weighted by atomic mass is 32.2. The van der Waals surface area contributed by atoms with E-state index in [0.717, 1.165) is 4.90 Å². The van der Waals surface area contributed by atoms with Crippen LogP contribution in [0.4, 0.5) is 0 Å². The van der Waals surface area contributed by atoms with E-state index < -0.39 is 33.9 Å². The molecular weight excluding hydrogens is 390 g/mol. The summed E-state index contributed by atoms with van der Waals surface area (Å²) >= 11 is 1.57. The SMILES string of the molecule is CSc1ccc(C(=O)CCC(=O)O[C@@H](C)C(=O)N[C@@H]2CCS(=O)(=O)C2)cc1. The van der Waals surface area contributed by atoms with Crippen molar-refractivity contribution < 1.29 is 27.5 Å². The Bertz CT molecular complexity index is 804. The van der Waals surface area contributed by atoms with Gasteiger partial charge in [0.15, 0.2) is 21.7 Å². The molecule has 1 fully saturated rings. The van der Waals surface area contributed by atoms with E-state index in [1.54, 1.807) is 23.9 Å². The highest BCUT2D eigenvalue weighted by Gasteiger charge is 2.30. The van der Waals surface area contributed by atoms with Crippen LogP contribution in [0, 0.1) is 0 Å². The molecule has 0 bridgehead atoms. The quantitative estimate of drug-likeness (QED) is 0.392. The molecule has 0 aliphatic carbocycles. The van der Waals surface area contributed by atoms with Gasteiger partial charge < -0.3 is 10.1 Å². The Labute approximate surface area is 163 Å². The third kappa shape index (κ3) is 6.66. The summed E-state index contributed by atoms with van der Waals surface area (Å²) in [6.45, 7) is 1.42. The Morgan fingerprint density at radius 1 is 1.22 bits per heavy atom. The van der Waals surface area contributed by atoms with Gasteiger partial charge in [-0.1, -0.05) is 12.1 Å². The van der Waals surface area contributed by atoms with E-state index >= 15 is 0 Å². The Morgan fingerprint density at radius 2 is 1.89 bits per heavy atom. The number of ketones is 1. The number of amides is 1. The molecule has 2 rings (SSSR count). The van der Waals surface area contributed by atoms with Crippen LogP contribution >= 0.6 is 11.8 Å². The number of carbonyl (C=O) groups is 3. The number of carbonyl (C=O) groups excluding carboxylic acids is 3. The van der Waals surface area contributed by atoms with Crippen molar-refractivity contribution in [2.24, 2.45) is 0 Å². The largest absolute Gasteiger partial charge is 0.453 e. The van der Waals surface area contributed by atoms with Gasteiger partial charge in [0, 0.05) is 22.9 Å². The van der Waals surface area contributed by atoms with E-state index in [-0.39, 0.29) is 30.1 Å². The maximum atomic E-state index is 12.1. The van der Waals surface area contributed by atoms with Crippen molar-refractivity contribution in [3.05, 3.63) is 29.8 Å². The average molecular weight is 414 g/mol. The predicted octanol–water partition coefficient (Wildman–Crippen LogP) is 1.61. The smallest absolute Gasteiger partial charge is 0.307 e. The minimum atomic E-state index is -3.10. The Hall–Kier alpha value is -1.87. The van der Waals surface area contributed by atoms with Crippen LogP contribution in [0.5, 0.6) is 0 Å². The van der Waals surface area contributed by atoms with Crippen molar-refractivity contribution in [2.45, 2.75) is 43.2 Å². The molecule has 1 saturated heterocycles. The Kier molecular flexibility index (Phi) is 7.43. The first-order chi connectivity index (χ1) is 12.7. The molecule has 1 aromatic carbocycles. The van der Waals surface area contributed by atoms with Gasteiger partial charge in [-0.2, -0.15) is 0 Å². The van der Waals surface area contributed by atoms with E-state index in [9.17, 15) is 22.8 Å². The molecule has 1 N–H and O–H groups in total. The maximum Gasteiger partial charge on any atom is 0.307 e. The first-order valence-electron chi connectivity index (χ1n) is 8.57. The van der Waals surface area contributed by atoms with Crippen molar-refractivity contribution in [3.63, 3.8) is 0 Å². The average Bonchev–Trinajstić information content (AvgIpc) is 2.98. The first kappa shape index (κ1) is 21.4. The second-order valence-electron chi connectivity index (χ2n) is 6.39. The van der Waals surface area contributed by atoms with Gasteiger partial charge in [-0.3, -0.25) is 14.4 Å². The minimum absolute atomic E-state index is 0.00729. The number of hydrogen-bond donors (Lipinski definition) is 1. The molecule has 0 spiro atoms. The summed E-state index contributed by atoms with van der Waals surface area (Å²) in [4.78, 5) is 37.0. The lowest BCUT2D eigenvalue weighted by Crippen LogP contribution is -2.42. The van der Waals surface area contributed by atoms with Crippen LogP contribution in [0.25, 0.3) is 0 Å². The molecular formula is C18H23NO6S2. The van der Waals surface area contributed by atoms with Crippen LogP contribution < -0.4 is 5.32 Å². The lowest BCUT2D eigenvalue weighted by atomic mass is 10.1. The highest BCUT2D eigenvalue weighted by molar-refractivity contribution is 7.98. The molecule has 9 heteroatoms. The number of rotatable bonds is 8. The number of nitrogens with one attached hydrogen (secondary N) is 1. The molecule has 2 atom stereocenters. The molecule has 148 valence electrons. The van der Waals surface area contributed by atoms with Gasteiger partial charge in [0.2, 0.25) is 0 Å². The van der Waals surface area contributed by atoms with Gasteiger partial charge in [-0.25, -0.2) is 8.42 Å². The number of Topliss-reactive ketones (excluding diaryl/α,β-unsaturated/α-hetero) is 1. The molecule has 27 heavy (non-hydrogen) atoms. The molecule has 0 radical (unpaired) electrons.